The normalized spacial score (nSPS) is 12.2. The van der Waals surface area contributed by atoms with Crippen LogP contribution in [0.25, 0.3) is 5.76 Å². The van der Waals surface area contributed by atoms with Crippen LogP contribution in [0.1, 0.15) is 5.56 Å². The van der Waals surface area contributed by atoms with E-state index < -0.39 is 12.0 Å². The minimum Gasteiger partial charge on any atom is -0.497 e. The summed E-state index contributed by atoms with van der Waals surface area (Å²) in [5.41, 5.74) is 0.328. The number of allylic oxidation sites excluding steroid dienone is 1. The number of methoxy groups -OCH3 is 2. The highest BCUT2D eigenvalue weighted by Crippen LogP contribution is 2.23. The predicted molar refractivity (Wildman–Crippen MR) is 59.0 cm³/mol. The molecule has 98 valence electrons. The first-order valence-electron chi connectivity index (χ1n) is 4.89. The van der Waals surface area contributed by atoms with Crippen molar-refractivity contribution in [2.45, 2.75) is 6.18 Å². The van der Waals surface area contributed by atoms with Gasteiger partial charge in [-0.25, -0.2) is 0 Å². The van der Waals surface area contributed by atoms with Crippen LogP contribution in [0.2, 0.25) is 0 Å². The van der Waals surface area contributed by atoms with E-state index in [1.165, 1.54) is 26.4 Å². The number of rotatable bonds is 4. The quantitative estimate of drug-likeness (QED) is 0.617. The molecule has 3 nitrogen and oxygen atoms in total. The summed E-state index contributed by atoms with van der Waals surface area (Å²) in [5.74, 6) is -1.69. The zero-order valence-corrected chi connectivity index (χ0v) is 9.75. The number of hydrogen-bond donors (Lipinski definition) is 0. The maximum Gasteiger partial charge on any atom is 0.454 e. The molecule has 0 atom stereocenters. The zero-order chi connectivity index (χ0) is 13.8. The van der Waals surface area contributed by atoms with Crippen LogP contribution in [0.15, 0.2) is 30.3 Å². The lowest BCUT2D eigenvalue weighted by molar-refractivity contribution is -0.165. The monoisotopic (exact) mass is 260 g/mol. The van der Waals surface area contributed by atoms with E-state index in [1.54, 1.807) is 12.1 Å². The standard InChI is InChI=1S/C12H11F3O3/c1-17-9-5-3-4-8(6-9)10(18-2)7-11(16)12(13,14)15/h3-7H,1-2H3. The van der Waals surface area contributed by atoms with Gasteiger partial charge in [0, 0.05) is 11.6 Å². The zero-order valence-electron chi connectivity index (χ0n) is 9.75. The van der Waals surface area contributed by atoms with Crippen LogP contribution in [0.3, 0.4) is 0 Å². The van der Waals surface area contributed by atoms with Crippen molar-refractivity contribution in [1.29, 1.82) is 0 Å². The average molecular weight is 260 g/mol. The molecule has 1 rings (SSSR count). The second kappa shape index (κ2) is 5.57. The molecule has 0 aliphatic heterocycles. The van der Waals surface area contributed by atoms with Gasteiger partial charge in [-0.3, -0.25) is 4.79 Å². The Bertz CT molecular complexity index is 464. The molecule has 0 aliphatic rings. The van der Waals surface area contributed by atoms with Gasteiger partial charge in [0.1, 0.15) is 11.5 Å². The first kappa shape index (κ1) is 14.1. The third-order valence-corrected chi connectivity index (χ3v) is 2.12. The lowest BCUT2D eigenvalue weighted by atomic mass is 10.1. The molecule has 0 saturated carbocycles. The molecule has 0 unspecified atom stereocenters. The van der Waals surface area contributed by atoms with E-state index in [4.69, 9.17) is 9.47 Å². The number of benzene rings is 1. The van der Waals surface area contributed by atoms with Crippen molar-refractivity contribution in [1.82, 2.24) is 0 Å². The van der Waals surface area contributed by atoms with Gasteiger partial charge in [0.25, 0.3) is 5.78 Å². The number of halogens is 3. The molecule has 0 amide bonds. The Morgan fingerprint density at radius 3 is 2.44 bits per heavy atom. The summed E-state index contributed by atoms with van der Waals surface area (Å²) in [6.07, 6.45) is -4.50. The van der Waals surface area contributed by atoms with Gasteiger partial charge in [0.05, 0.1) is 14.2 Å². The smallest absolute Gasteiger partial charge is 0.454 e. The van der Waals surface area contributed by atoms with E-state index >= 15 is 0 Å². The second-order valence-corrected chi connectivity index (χ2v) is 3.31. The lowest BCUT2D eigenvalue weighted by Gasteiger charge is -2.08. The summed E-state index contributed by atoms with van der Waals surface area (Å²) in [7, 11) is 2.62. The number of ketones is 1. The van der Waals surface area contributed by atoms with E-state index in [-0.39, 0.29) is 5.76 Å². The minimum absolute atomic E-state index is 0.170. The maximum absolute atomic E-state index is 12.1. The maximum atomic E-state index is 12.1. The number of hydrogen-bond acceptors (Lipinski definition) is 3. The van der Waals surface area contributed by atoms with Crippen molar-refractivity contribution in [2.75, 3.05) is 14.2 Å². The number of alkyl halides is 3. The van der Waals surface area contributed by atoms with Crippen molar-refractivity contribution in [3.63, 3.8) is 0 Å². The van der Waals surface area contributed by atoms with Crippen LogP contribution in [0.5, 0.6) is 5.75 Å². The second-order valence-electron chi connectivity index (χ2n) is 3.31. The Morgan fingerprint density at radius 1 is 1.28 bits per heavy atom. The van der Waals surface area contributed by atoms with Crippen molar-refractivity contribution in [2.24, 2.45) is 0 Å². The van der Waals surface area contributed by atoms with Crippen LogP contribution in [0, 0.1) is 0 Å². The summed E-state index contributed by atoms with van der Waals surface area (Å²) in [6, 6.07) is 6.20. The largest absolute Gasteiger partial charge is 0.497 e. The van der Waals surface area contributed by atoms with Crippen molar-refractivity contribution in [3.05, 3.63) is 35.9 Å². The van der Waals surface area contributed by atoms with E-state index in [9.17, 15) is 18.0 Å². The molecule has 0 aliphatic carbocycles. The molecular formula is C12H11F3O3. The highest BCUT2D eigenvalue weighted by atomic mass is 19.4. The molecule has 1 aromatic carbocycles. The Balaban J connectivity index is 3.09. The van der Waals surface area contributed by atoms with Crippen LogP contribution >= 0.6 is 0 Å². The highest BCUT2D eigenvalue weighted by Gasteiger charge is 2.37. The fourth-order valence-electron chi connectivity index (χ4n) is 1.24. The molecule has 0 saturated heterocycles. The molecular weight excluding hydrogens is 249 g/mol. The first-order chi connectivity index (χ1) is 8.38. The van der Waals surface area contributed by atoms with Crippen LogP contribution in [-0.4, -0.2) is 26.2 Å². The number of carbonyl (C=O) groups is 1. The summed E-state index contributed by atoms with van der Waals surface area (Å²) in [4.78, 5) is 10.8. The molecule has 0 N–H and O–H groups in total. The first-order valence-corrected chi connectivity index (χ1v) is 4.89. The van der Waals surface area contributed by atoms with E-state index in [1.807, 2.05) is 0 Å². The van der Waals surface area contributed by atoms with Gasteiger partial charge in [-0.05, 0) is 12.1 Å². The number of ether oxygens (including phenoxy) is 2. The van der Waals surface area contributed by atoms with E-state index in [0.717, 1.165) is 0 Å². The topological polar surface area (TPSA) is 35.5 Å². The summed E-state index contributed by atoms with van der Waals surface area (Å²) in [5, 5.41) is 0. The molecule has 1 aromatic rings. The van der Waals surface area contributed by atoms with Crippen molar-refractivity contribution >= 4 is 11.5 Å². The minimum atomic E-state index is -4.91. The van der Waals surface area contributed by atoms with Crippen LogP contribution in [-0.2, 0) is 9.53 Å². The van der Waals surface area contributed by atoms with Gasteiger partial charge in [0.2, 0.25) is 0 Å². The fourth-order valence-corrected chi connectivity index (χ4v) is 1.24. The van der Waals surface area contributed by atoms with Crippen LogP contribution < -0.4 is 4.74 Å². The van der Waals surface area contributed by atoms with Gasteiger partial charge in [-0.15, -0.1) is 0 Å². The molecule has 0 heterocycles. The SMILES string of the molecule is COC(=CC(=O)C(F)(F)F)c1cccc(OC)c1. The Kier molecular flexibility index (Phi) is 4.36. The molecule has 0 fully saturated rings. The Hall–Kier alpha value is -1.98. The van der Waals surface area contributed by atoms with Gasteiger partial charge in [-0.2, -0.15) is 13.2 Å². The Labute approximate surface area is 102 Å². The summed E-state index contributed by atoms with van der Waals surface area (Å²) < 4.78 is 46.1. The van der Waals surface area contributed by atoms with E-state index in [0.29, 0.717) is 17.4 Å². The van der Waals surface area contributed by atoms with E-state index in [2.05, 4.69) is 0 Å². The fraction of sp³-hybridized carbons (Fsp3) is 0.250. The van der Waals surface area contributed by atoms with Gasteiger partial charge in [-0.1, -0.05) is 12.1 Å². The van der Waals surface area contributed by atoms with Crippen molar-refractivity contribution < 1.29 is 27.4 Å². The molecule has 0 radical (unpaired) electrons. The van der Waals surface area contributed by atoms with Gasteiger partial charge in [0.15, 0.2) is 0 Å². The molecule has 6 heteroatoms. The van der Waals surface area contributed by atoms with Gasteiger partial charge < -0.3 is 9.47 Å². The molecule has 18 heavy (non-hydrogen) atoms. The third kappa shape index (κ3) is 3.51. The lowest BCUT2D eigenvalue weighted by Crippen LogP contribution is -2.20. The molecule has 0 bridgehead atoms. The van der Waals surface area contributed by atoms with Crippen LogP contribution in [0.4, 0.5) is 13.2 Å². The predicted octanol–water partition coefficient (Wildman–Crippen LogP) is 2.81. The third-order valence-electron chi connectivity index (χ3n) is 2.12. The molecule has 0 aromatic heterocycles. The summed E-state index contributed by atoms with van der Waals surface area (Å²) >= 11 is 0. The Morgan fingerprint density at radius 2 is 1.94 bits per heavy atom. The summed E-state index contributed by atoms with van der Waals surface area (Å²) in [6.45, 7) is 0. The van der Waals surface area contributed by atoms with Crippen molar-refractivity contribution in [3.8, 4) is 5.75 Å². The highest BCUT2D eigenvalue weighted by molar-refractivity contribution is 5.99. The number of carbonyl (C=O) groups excluding carboxylic acids is 1. The molecule has 0 spiro atoms. The average Bonchev–Trinajstić information content (AvgIpc) is 2.34. The van der Waals surface area contributed by atoms with Gasteiger partial charge >= 0.3 is 6.18 Å².